The molecule has 19 rings (SSSR count). The minimum Gasteiger partial charge on any atom is -0.292 e. The van der Waals surface area contributed by atoms with Gasteiger partial charge in [0.1, 0.15) is 23.3 Å². The first-order chi connectivity index (χ1) is 44.3. The van der Waals surface area contributed by atoms with Crippen molar-refractivity contribution in [1.82, 2.24) is 29.1 Å². The molecule has 18 aromatic rings. The molecule has 0 atom stereocenters. The zero-order chi connectivity index (χ0) is 60.1. The fraction of sp³-hybridized carbons (Fsp3) is 0.0380. The Kier molecular flexibility index (Phi) is 14.7. The third kappa shape index (κ3) is 9.44. The molecular formula is C79H50Cl2N8S3. The topological polar surface area (TPSA) is 109 Å². The third-order valence-electron chi connectivity index (χ3n) is 17.0. The van der Waals surface area contributed by atoms with Crippen LogP contribution in [0.25, 0.3) is 150 Å². The summed E-state index contributed by atoms with van der Waals surface area (Å²) in [6, 6.07) is 89.4. The van der Waals surface area contributed by atoms with Gasteiger partial charge in [0.05, 0.1) is 22.1 Å². The van der Waals surface area contributed by atoms with Gasteiger partial charge in [0.15, 0.2) is 33.6 Å². The SMILES string of the molecule is C.C.N#Cc1c(-n2c3ccccc3c3cc4c(cc32)sc2ccccc24)nc(-c2ccccc2)nc1-n1c2ccccc2c2cc3c(cc21)sc1ccccc13.N#Cc1c(Cl)nc(-c2ccccc2)nc1Cl.c1ccc2c(c1)Cc1cc3sc4ccccc4c3cc1-2. The van der Waals surface area contributed by atoms with Crippen LogP contribution in [0.4, 0.5) is 0 Å². The smallest absolute Gasteiger partial charge is 0.164 e. The first kappa shape index (κ1) is 57.8. The highest BCUT2D eigenvalue weighted by atomic mass is 35.5. The minimum absolute atomic E-state index is 0. The van der Waals surface area contributed by atoms with E-state index in [2.05, 4.69) is 207 Å². The van der Waals surface area contributed by atoms with Crippen LogP contribution < -0.4 is 0 Å². The molecule has 0 fully saturated rings. The van der Waals surface area contributed by atoms with E-state index in [1.54, 1.807) is 22.7 Å². The quantitative estimate of drug-likeness (QED) is 0.162. The van der Waals surface area contributed by atoms with Crippen LogP contribution in [0.2, 0.25) is 10.3 Å². The zero-order valence-electron chi connectivity index (χ0n) is 47.4. The van der Waals surface area contributed by atoms with E-state index in [1.165, 1.54) is 82.8 Å². The van der Waals surface area contributed by atoms with Crippen molar-refractivity contribution in [3.63, 3.8) is 0 Å². The van der Waals surface area contributed by atoms with Gasteiger partial charge in [-0.3, -0.25) is 9.13 Å². The second-order valence-corrected chi connectivity index (χ2v) is 26.1. The largest absolute Gasteiger partial charge is 0.292 e. The molecule has 0 saturated carbocycles. The van der Waals surface area contributed by atoms with Crippen molar-refractivity contribution in [2.75, 3.05) is 0 Å². The molecular weight excluding hydrogens is 1230 g/mol. The van der Waals surface area contributed by atoms with Gasteiger partial charge in [0.25, 0.3) is 0 Å². The number of hydrogen-bond donors (Lipinski definition) is 0. The maximum atomic E-state index is 11.3. The number of halogens is 2. The van der Waals surface area contributed by atoms with Gasteiger partial charge in [-0.1, -0.05) is 214 Å². The van der Waals surface area contributed by atoms with E-state index in [1.807, 2.05) is 78.1 Å². The first-order valence-corrected chi connectivity index (χ1v) is 32.3. The number of fused-ring (bicyclic) bond motifs is 18. The van der Waals surface area contributed by atoms with Crippen LogP contribution in [0.5, 0.6) is 0 Å². The van der Waals surface area contributed by atoms with Crippen molar-refractivity contribution in [1.29, 1.82) is 10.5 Å². The van der Waals surface area contributed by atoms with Gasteiger partial charge < -0.3 is 0 Å². The van der Waals surface area contributed by atoms with Crippen LogP contribution in [0.1, 0.15) is 37.1 Å². The van der Waals surface area contributed by atoms with Crippen molar-refractivity contribution < 1.29 is 0 Å². The fourth-order valence-corrected chi connectivity index (χ4v) is 16.8. The van der Waals surface area contributed by atoms with Crippen molar-refractivity contribution >= 4 is 161 Å². The summed E-state index contributed by atoms with van der Waals surface area (Å²) in [4.78, 5) is 18.7. The first-order valence-electron chi connectivity index (χ1n) is 29.1. The van der Waals surface area contributed by atoms with Crippen LogP contribution in [0.15, 0.2) is 243 Å². The summed E-state index contributed by atoms with van der Waals surface area (Å²) in [5.41, 5.74) is 12.0. The number of thiophene rings is 3. The summed E-state index contributed by atoms with van der Waals surface area (Å²) < 4.78 is 12.1. The molecule has 92 heavy (non-hydrogen) atoms. The number of nitrogens with zero attached hydrogens (tertiary/aromatic N) is 8. The van der Waals surface area contributed by atoms with Gasteiger partial charge in [0, 0.05) is 93.2 Å². The van der Waals surface area contributed by atoms with Crippen molar-refractivity contribution in [2.24, 2.45) is 0 Å². The molecule has 1 aliphatic rings. The number of aromatic nitrogens is 6. The molecule has 13 heteroatoms. The van der Waals surface area contributed by atoms with E-state index in [0.29, 0.717) is 28.8 Å². The molecule has 0 N–H and O–H groups in total. The summed E-state index contributed by atoms with van der Waals surface area (Å²) in [6.45, 7) is 0. The van der Waals surface area contributed by atoms with E-state index >= 15 is 0 Å². The van der Waals surface area contributed by atoms with Crippen molar-refractivity contribution in [2.45, 2.75) is 21.3 Å². The Labute approximate surface area is 551 Å². The lowest BCUT2D eigenvalue weighted by Crippen LogP contribution is -2.10. The average Bonchev–Trinajstić information content (AvgIpc) is 1.68. The second kappa shape index (κ2) is 23.3. The van der Waals surface area contributed by atoms with Crippen LogP contribution in [0.3, 0.4) is 0 Å². The third-order valence-corrected chi connectivity index (χ3v) is 21.0. The minimum atomic E-state index is 0. The summed E-state index contributed by atoms with van der Waals surface area (Å²) in [6.07, 6.45) is 1.08. The molecule has 7 heterocycles. The lowest BCUT2D eigenvalue weighted by molar-refractivity contribution is 0.982. The molecule has 0 unspecified atom stereocenters. The van der Waals surface area contributed by atoms with Gasteiger partial charge in [-0.25, -0.2) is 19.9 Å². The second-order valence-electron chi connectivity index (χ2n) is 22.1. The Balaban J connectivity index is 0.000000150. The van der Waals surface area contributed by atoms with Crippen LogP contribution in [-0.4, -0.2) is 29.1 Å². The van der Waals surface area contributed by atoms with Gasteiger partial charge in [-0.2, -0.15) is 10.5 Å². The average molecular weight is 1280 g/mol. The van der Waals surface area contributed by atoms with Crippen LogP contribution in [0, 0.1) is 22.7 Å². The van der Waals surface area contributed by atoms with E-state index < -0.39 is 0 Å². The highest BCUT2D eigenvalue weighted by Crippen LogP contribution is 2.46. The number of benzene rings is 11. The van der Waals surface area contributed by atoms with Crippen LogP contribution in [-0.2, 0) is 6.42 Å². The molecule has 0 amide bonds. The van der Waals surface area contributed by atoms with E-state index in [0.717, 1.165) is 61.2 Å². The summed E-state index contributed by atoms with van der Waals surface area (Å²) in [7, 11) is 0. The summed E-state index contributed by atoms with van der Waals surface area (Å²) >= 11 is 17.1. The number of para-hydroxylation sites is 2. The Bertz CT molecular complexity index is 5850. The normalized spacial score (nSPS) is 11.6. The van der Waals surface area contributed by atoms with E-state index in [9.17, 15) is 5.26 Å². The molecule has 0 aliphatic heterocycles. The monoisotopic (exact) mass is 1280 g/mol. The molecule has 438 valence electrons. The Morgan fingerprint density at radius 1 is 0.326 bits per heavy atom. The number of rotatable bonds is 4. The predicted octanol–water partition coefficient (Wildman–Crippen LogP) is 23.2. The van der Waals surface area contributed by atoms with Gasteiger partial charge in [0.2, 0.25) is 0 Å². The number of nitriles is 2. The predicted molar refractivity (Wildman–Crippen MR) is 390 cm³/mol. The summed E-state index contributed by atoms with van der Waals surface area (Å²) in [5, 5.41) is 32.5. The number of hydrogen-bond acceptors (Lipinski definition) is 9. The van der Waals surface area contributed by atoms with Gasteiger partial charge in [-0.15, -0.1) is 34.0 Å². The molecule has 1 aliphatic carbocycles. The lowest BCUT2D eigenvalue weighted by Gasteiger charge is -2.16. The lowest BCUT2D eigenvalue weighted by atomic mass is 10.0. The Morgan fingerprint density at radius 3 is 1.20 bits per heavy atom. The molecule has 7 aromatic heterocycles. The standard InChI is InChI=1S/C47H25N5S2.C19H12S.C11H5Cl2N3.2CH4/c48-26-36-46(51-37-18-8-4-14-28(37)32-22-34-30-16-6-10-20-41(30)53-43(34)24-39(32)51)49-45(27-12-2-1-3-13-27)50-47(36)52-38-19-9-5-15-29(38)33-23-35-31-17-7-11-21-42(31)54-44(35)25-40(33)52;1-2-6-14-12(5-1)9-13-10-19-17(11-16(13)14)15-7-3-4-8-18(15)20-19;12-9-8(6-14)10(13)16-11(15-9)7-4-2-1-3-5-7;;/h1-25H;1-8,10-11H,9H2;1-5H;2*1H4. The maximum absolute atomic E-state index is 11.3. The highest BCUT2D eigenvalue weighted by molar-refractivity contribution is 7.26. The summed E-state index contributed by atoms with van der Waals surface area (Å²) in [5.74, 6) is 2.08. The molecule has 0 spiro atoms. The van der Waals surface area contributed by atoms with Gasteiger partial charge in [-0.05, 0) is 95.4 Å². The molecule has 0 radical (unpaired) electrons. The van der Waals surface area contributed by atoms with Crippen LogP contribution >= 0.6 is 57.2 Å². The van der Waals surface area contributed by atoms with E-state index in [4.69, 9.17) is 38.4 Å². The zero-order valence-corrected chi connectivity index (χ0v) is 51.3. The Morgan fingerprint density at radius 2 is 0.717 bits per heavy atom. The van der Waals surface area contributed by atoms with Crippen molar-refractivity contribution in [3.8, 4) is 57.7 Å². The van der Waals surface area contributed by atoms with Crippen molar-refractivity contribution in [3.05, 3.63) is 275 Å². The molecule has 8 nitrogen and oxygen atoms in total. The fourth-order valence-electron chi connectivity index (χ4n) is 13.0. The molecule has 0 bridgehead atoms. The Hall–Kier alpha value is -10.6. The highest BCUT2D eigenvalue weighted by Gasteiger charge is 2.27. The van der Waals surface area contributed by atoms with E-state index in [-0.39, 0.29) is 30.7 Å². The van der Waals surface area contributed by atoms with Gasteiger partial charge >= 0.3 is 0 Å². The molecule has 11 aromatic carbocycles. The molecule has 0 saturated heterocycles. The maximum Gasteiger partial charge on any atom is 0.164 e.